The van der Waals surface area contributed by atoms with E-state index in [1.54, 1.807) is 25.3 Å². The van der Waals surface area contributed by atoms with Crippen LogP contribution in [-0.4, -0.2) is 35.7 Å². The van der Waals surface area contributed by atoms with Gasteiger partial charge in [-0.15, -0.1) is 22.9 Å². The summed E-state index contributed by atoms with van der Waals surface area (Å²) in [5, 5.41) is 0. The van der Waals surface area contributed by atoms with Crippen LogP contribution in [0.25, 0.3) is 5.70 Å². The minimum absolute atomic E-state index is 0. The van der Waals surface area contributed by atoms with Crippen molar-refractivity contribution in [3.63, 3.8) is 0 Å². The minimum Gasteiger partial charge on any atom is -0.497 e. The summed E-state index contributed by atoms with van der Waals surface area (Å²) in [5.74, 6) is 0.317. The van der Waals surface area contributed by atoms with Crippen molar-refractivity contribution in [2.45, 2.75) is 24.6 Å². The van der Waals surface area contributed by atoms with E-state index in [2.05, 4.69) is 22.0 Å². The standard InChI is InChI=1S/C15H15BrF2NO2.Y/c1-9-7-10(21-2)3-4-11(9)13-6-5-12(16)15(20)19(13)8-14(17)18;/h3-4,7,12,14H,5,8H2,1-2H3;/q-1;. The van der Waals surface area contributed by atoms with Crippen LogP contribution in [0.2, 0.25) is 0 Å². The van der Waals surface area contributed by atoms with Gasteiger partial charge in [-0.25, -0.2) is 14.9 Å². The normalized spacial score (nSPS) is 18.1. The maximum Gasteiger partial charge on any atom is 0.256 e. The smallest absolute Gasteiger partial charge is 0.256 e. The average molecular weight is 448 g/mol. The molecule has 0 aliphatic carbocycles. The Balaban J connectivity index is 0.00000242. The molecule has 1 amide bonds. The molecule has 7 heteroatoms. The van der Waals surface area contributed by atoms with Crippen LogP contribution in [0.15, 0.2) is 18.2 Å². The Morgan fingerprint density at radius 3 is 2.73 bits per heavy atom. The van der Waals surface area contributed by atoms with E-state index >= 15 is 0 Å². The largest absolute Gasteiger partial charge is 0.497 e. The summed E-state index contributed by atoms with van der Waals surface area (Å²) in [6.07, 6.45) is 0.815. The van der Waals surface area contributed by atoms with E-state index in [4.69, 9.17) is 4.74 Å². The van der Waals surface area contributed by atoms with Crippen LogP contribution in [0.4, 0.5) is 8.78 Å². The van der Waals surface area contributed by atoms with E-state index in [0.717, 1.165) is 10.5 Å². The Morgan fingerprint density at radius 2 is 2.18 bits per heavy atom. The molecule has 117 valence electrons. The zero-order valence-electron chi connectivity index (χ0n) is 12.3. The average Bonchev–Trinajstić information content (AvgIpc) is 2.44. The van der Waals surface area contributed by atoms with Gasteiger partial charge in [0.2, 0.25) is 5.91 Å². The number of rotatable bonds is 4. The van der Waals surface area contributed by atoms with Gasteiger partial charge in [-0.2, -0.15) is 0 Å². The fourth-order valence-corrected chi connectivity index (χ4v) is 2.65. The zero-order chi connectivity index (χ0) is 15.6. The Kier molecular flexibility index (Phi) is 7.62. The second kappa shape index (κ2) is 8.50. The molecule has 1 aliphatic heterocycles. The number of alkyl halides is 3. The van der Waals surface area contributed by atoms with E-state index in [1.165, 1.54) is 0 Å². The van der Waals surface area contributed by atoms with Gasteiger partial charge in [-0.1, -0.05) is 29.3 Å². The summed E-state index contributed by atoms with van der Waals surface area (Å²) in [4.78, 5) is 12.7. The summed E-state index contributed by atoms with van der Waals surface area (Å²) in [6, 6.07) is 5.30. The molecule has 1 unspecified atom stereocenters. The van der Waals surface area contributed by atoms with E-state index < -0.39 is 17.8 Å². The van der Waals surface area contributed by atoms with Crippen molar-refractivity contribution in [3.8, 4) is 5.75 Å². The molecule has 0 saturated carbocycles. The maximum absolute atomic E-state index is 12.8. The molecule has 0 saturated heterocycles. The molecule has 0 spiro atoms. The maximum atomic E-state index is 12.8. The quantitative estimate of drug-likeness (QED) is 0.523. The summed E-state index contributed by atoms with van der Waals surface area (Å²) < 4.78 is 30.6. The van der Waals surface area contributed by atoms with Crippen LogP contribution in [0.1, 0.15) is 17.5 Å². The van der Waals surface area contributed by atoms with Gasteiger partial charge in [0.05, 0.1) is 18.5 Å². The molecule has 1 aromatic carbocycles. The molecule has 3 nitrogen and oxygen atoms in total. The molecule has 0 fully saturated rings. The minimum atomic E-state index is -2.60. The molecule has 1 aromatic rings. The molecule has 1 radical (unpaired) electrons. The van der Waals surface area contributed by atoms with Crippen LogP contribution in [0, 0.1) is 13.0 Å². The number of amides is 1. The van der Waals surface area contributed by atoms with Crippen LogP contribution >= 0.6 is 15.9 Å². The van der Waals surface area contributed by atoms with Crippen molar-refractivity contribution >= 4 is 27.5 Å². The van der Waals surface area contributed by atoms with Crippen molar-refractivity contribution in [2.24, 2.45) is 0 Å². The van der Waals surface area contributed by atoms with Crippen LogP contribution < -0.4 is 4.74 Å². The number of ether oxygens (including phenoxy) is 1. The van der Waals surface area contributed by atoms with Crippen molar-refractivity contribution in [1.82, 2.24) is 4.90 Å². The van der Waals surface area contributed by atoms with Gasteiger partial charge in [0, 0.05) is 32.7 Å². The number of aryl methyl sites for hydroxylation is 1. The summed E-state index contributed by atoms with van der Waals surface area (Å²) in [6.45, 7) is 1.21. The number of carbonyl (C=O) groups excluding carboxylic acids is 1. The third-order valence-electron chi connectivity index (χ3n) is 3.26. The number of nitrogens with zero attached hydrogens (tertiary/aromatic N) is 1. The Bertz CT molecular complexity index is 581. The second-order valence-corrected chi connectivity index (χ2v) is 5.82. The fourth-order valence-electron chi connectivity index (χ4n) is 2.24. The van der Waals surface area contributed by atoms with Gasteiger partial charge >= 0.3 is 0 Å². The molecule has 22 heavy (non-hydrogen) atoms. The van der Waals surface area contributed by atoms with Gasteiger partial charge in [0.1, 0.15) is 5.75 Å². The van der Waals surface area contributed by atoms with Crippen LogP contribution in [-0.2, 0) is 37.5 Å². The summed E-state index contributed by atoms with van der Waals surface area (Å²) >= 11 is 3.19. The van der Waals surface area contributed by atoms with Crippen molar-refractivity contribution in [1.29, 1.82) is 0 Å². The van der Waals surface area contributed by atoms with Crippen LogP contribution in [0.5, 0.6) is 5.75 Å². The Morgan fingerprint density at radius 1 is 1.50 bits per heavy atom. The van der Waals surface area contributed by atoms with Crippen molar-refractivity contribution in [2.75, 3.05) is 13.7 Å². The molecular formula is C15H15BrF2NO2Y-. The van der Waals surface area contributed by atoms with E-state index in [-0.39, 0.29) is 38.6 Å². The summed E-state index contributed by atoms with van der Waals surface area (Å²) in [5.41, 5.74) is 1.97. The van der Waals surface area contributed by atoms with Crippen LogP contribution in [0.3, 0.4) is 0 Å². The topological polar surface area (TPSA) is 29.5 Å². The molecule has 1 aliphatic rings. The van der Waals surface area contributed by atoms with E-state index in [1.807, 2.05) is 6.92 Å². The first-order valence-corrected chi connectivity index (χ1v) is 7.35. The third-order valence-corrected chi connectivity index (χ3v) is 3.98. The number of hydrogen-bond acceptors (Lipinski definition) is 2. The monoisotopic (exact) mass is 447 g/mol. The number of methoxy groups -OCH3 is 1. The molecule has 2 rings (SSSR count). The molecule has 0 bridgehead atoms. The molecular weight excluding hydrogens is 433 g/mol. The van der Waals surface area contributed by atoms with E-state index in [9.17, 15) is 13.6 Å². The van der Waals surface area contributed by atoms with E-state index in [0.29, 0.717) is 23.4 Å². The fraction of sp³-hybridized carbons (Fsp3) is 0.400. The number of carbonyl (C=O) groups is 1. The Labute approximate surface area is 162 Å². The number of allylic oxidation sites excluding steroid dienone is 1. The SMILES string of the molecule is COc1ccc(C2=[C-]CC(Br)C(=O)N2CC(F)F)c(C)c1.[Y]. The predicted octanol–water partition coefficient (Wildman–Crippen LogP) is 3.41. The molecule has 0 N–H and O–H groups in total. The first kappa shape index (κ1) is 19.7. The van der Waals surface area contributed by atoms with Gasteiger partial charge in [0.15, 0.2) is 0 Å². The predicted molar refractivity (Wildman–Crippen MR) is 79.4 cm³/mol. The molecule has 1 heterocycles. The van der Waals surface area contributed by atoms with Gasteiger partial charge in [-0.3, -0.25) is 4.79 Å². The zero-order valence-corrected chi connectivity index (χ0v) is 16.7. The summed E-state index contributed by atoms with van der Waals surface area (Å²) in [7, 11) is 1.56. The molecule has 1 atom stereocenters. The van der Waals surface area contributed by atoms with Crippen molar-refractivity contribution < 1.29 is 51.0 Å². The molecule has 0 aromatic heterocycles. The first-order valence-electron chi connectivity index (χ1n) is 6.43. The number of halogens is 3. The second-order valence-electron chi connectivity index (χ2n) is 4.72. The third kappa shape index (κ3) is 4.36. The number of benzene rings is 1. The van der Waals surface area contributed by atoms with Gasteiger partial charge in [-0.05, 0) is 12.1 Å². The Hall–Kier alpha value is -0.326. The van der Waals surface area contributed by atoms with Gasteiger partial charge in [0.25, 0.3) is 6.43 Å². The van der Waals surface area contributed by atoms with Crippen molar-refractivity contribution in [3.05, 3.63) is 35.4 Å². The van der Waals surface area contributed by atoms with Gasteiger partial charge < -0.3 is 9.64 Å². The number of hydrogen-bond donors (Lipinski definition) is 0. The first-order chi connectivity index (χ1) is 9.93.